The summed E-state index contributed by atoms with van der Waals surface area (Å²) in [5.41, 5.74) is 1.76. The van der Waals surface area contributed by atoms with E-state index in [0.29, 0.717) is 18.7 Å². The van der Waals surface area contributed by atoms with Crippen molar-refractivity contribution in [3.63, 3.8) is 0 Å². The molecule has 2 aromatic carbocycles. The van der Waals surface area contributed by atoms with Gasteiger partial charge in [0.2, 0.25) is 5.91 Å². The predicted molar refractivity (Wildman–Crippen MR) is 116 cm³/mol. The Hall–Kier alpha value is -2.82. The van der Waals surface area contributed by atoms with E-state index in [1.165, 1.54) is 0 Å². The smallest absolute Gasteiger partial charge is 0.261 e. The molecule has 5 heteroatoms. The van der Waals surface area contributed by atoms with E-state index >= 15 is 0 Å². The van der Waals surface area contributed by atoms with Crippen LogP contribution in [-0.4, -0.2) is 34.9 Å². The van der Waals surface area contributed by atoms with Crippen LogP contribution in [0.3, 0.4) is 0 Å². The van der Waals surface area contributed by atoms with Crippen molar-refractivity contribution in [1.29, 1.82) is 0 Å². The highest BCUT2D eigenvalue weighted by Crippen LogP contribution is 2.16. The van der Waals surface area contributed by atoms with E-state index in [-0.39, 0.29) is 24.0 Å². The monoisotopic (exact) mass is 396 g/mol. The molecule has 1 atom stereocenters. The van der Waals surface area contributed by atoms with Gasteiger partial charge in [0, 0.05) is 12.1 Å². The third-order valence-electron chi connectivity index (χ3n) is 4.46. The van der Waals surface area contributed by atoms with Gasteiger partial charge >= 0.3 is 0 Å². The average molecular weight is 397 g/mol. The lowest BCUT2D eigenvalue weighted by molar-refractivity contribution is -0.143. The van der Waals surface area contributed by atoms with Gasteiger partial charge in [-0.25, -0.2) is 0 Å². The second-order valence-corrected chi connectivity index (χ2v) is 8.27. The molecule has 2 aromatic rings. The molecule has 156 valence electrons. The van der Waals surface area contributed by atoms with Crippen molar-refractivity contribution in [3.8, 4) is 5.75 Å². The maximum absolute atomic E-state index is 13.1. The minimum Gasteiger partial charge on any atom is -0.484 e. The number of hydrogen-bond donors (Lipinski definition) is 1. The van der Waals surface area contributed by atoms with E-state index in [1.807, 2.05) is 77.1 Å². The summed E-state index contributed by atoms with van der Waals surface area (Å²) in [6.07, 6.45) is 0.519. The Labute approximate surface area is 174 Å². The maximum Gasteiger partial charge on any atom is 0.261 e. The minimum absolute atomic E-state index is 0.116. The molecular weight excluding hydrogens is 364 g/mol. The van der Waals surface area contributed by atoms with Crippen LogP contribution in [0, 0.1) is 6.92 Å². The summed E-state index contributed by atoms with van der Waals surface area (Å²) in [6.45, 7) is 9.97. The van der Waals surface area contributed by atoms with E-state index in [9.17, 15) is 9.59 Å². The van der Waals surface area contributed by atoms with Crippen molar-refractivity contribution >= 4 is 11.8 Å². The Bertz CT molecular complexity index is 795. The van der Waals surface area contributed by atoms with Gasteiger partial charge in [0.15, 0.2) is 6.61 Å². The molecule has 1 unspecified atom stereocenters. The molecule has 0 aliphatic carbocycles. The molecular formula is C24H32N2O3. The molecule has 0 heterocycles. The number of nitrogens with zero attached hydrogens (tertiary/aromatic N) is 1. The first-order valence-corrected chi connectivity index (χ1v) is 10.0. The van der Waals surface area contributed by atoms with Gasteiger partial charge in [-0.15, -0.1) is 0 Å². The lowest BCUT2D eigenvalue weighted by atomic mass is 10.1. The number of carbonyl (C=O) groups is 2. The van der Waals surface area contributed by atoms with Crippen LogP contribution in [0.15, 0.2) is 54.6 Å². The summed E-state index contributed by atoms with van der Waals surface area (Å²) < 4.78 is 5.66. The van der Waals surface area contributed by atoms with Crippen LogP contribution in [0.25, 0.3) is 0 Å². The number of hydrogen-bond acceptors (Lipinski definition) is 3. The lowest BCUT2D eigenvalue weighted by Gasteiger charge is -2.33. The summed E-state index contributed by atoms with van der Waals surface area (Å²) in [7, 11) is 0. The Balaban J connectivity index is 2.21. The van der Waals surface area contributed by atoms with Gasteiger partial charge in [0.1, 0.15) is 11.8 Å². The largest absolute Gasteiger partial charge is 0.484 e. The quantitative estimate of drug-likeness (QED) is 0.731. The van der Waals surface area contributed by atoms with Crippen LogP contribution in [0.4, 0.5) is 0 Å². The van der Waals surface area contributed by atoms with Crippen molar-refractivity contribution in [2.45, 2.75) is 59.2 Å². The summed E-state index contributed by atoms with van der Waals surface area (Å²) in [5.74, 6) is 0.258. The molecule has 29 heavy (non-hydrogen) atoms. The zero-order valence-corrected chi connectivity index (χ0v) is 18.1. The average Bonchev–Trinajstić information content (AvgIpc) is 2.67. The third-order valence-corrected chi connectivity index (χ3v) is 4.46. The highest BCUT2D eigenvalue weighted by molar-refractivity contribution is 5.88. The standard InChI is InChI=1S/C24H32N2O3/c1-6-21(23(28)25-24(3,4)5)26(16-19-14-12-18(2)13-15-19)22(27)17-29-20-10-8-7-9-11-20/h7-15,21H,6,16-17H2,1-5H3,(H,25,28). The Morgan fingerprint density at radius 2 is 1.66 bits per heavy atom. The number of carbonyl (C=O) groups excluding carboxylic acids is 2. The molecule has 0 aliphatic heterocycles. The number of benzene rings is 2. The Morgan fingerprint density at radius 3 is 2.21 bits per heavy atom. The fraction of sp³-hybridized carbons (Fsp3) is 0.417. The summed E-state index contributed by atoms with van der Waals surface area (Å²) >= 11 is 0. The number of aryl methyl sites for hydroxylation is 1. The van der Waals surface area contributed by atoms with Crippen LogP contribution < -0.4 is 10.1 Å². The third kappa shape index (κ3) is 7.26. The van der Waals surface area contributed by atoms with Crippen molar-refractivity contribution in [2.24, 2.45) is 0 Å². The molecule has 2 amide bonds. The molecule has 0 spiro atoms. The van der Waals surface area contributed by atoms with Crippen LogP contribution in [0.5, 0.6) is 5.75 Å². The van der Waals surface area contributed by atoms with Crippen LogP contribution in [0.1, 0.15) is 45.2 Å². The molecule has 0 saturated heterocycles. The van der Waals surface area contributed by atoms with Crippen molar-refractivity contribution in [2.75, 3.05) is 6.61 Å². The molecule has 0 bridgehead atoms. The first kappa shape index (κ1) is 22.5. The van der Waals surface area contributed by atoms with E-state index in [2.05, 4.69) is 5.32 Å². The molecule has 0 fully saturated rings. The lowest BCUT2D eigenvalue weighted by Crippen LogP contribution is -2.54. The molecule has 0 radical (unpaired) electrons. The van der Waals surface area contributed by atoms with Gasteiger partial charge < -0.3 is 15.0 Å². The molecule has 0 saturated carbocycles. The van der Waals surface area contributed by atoms with Gasteiger partial charge in [0.25, 0.3) is 5.91 Å². The number of rotatable bonds is 8. The number of para-hydroxylation sites is 1. The SMILES string of the molecule is CCC(C(=O)NC(C)(C)C)N(Cc1ccc(C)cc1)C(=O)COc1ccccc1. The minimum atomic E-state index is -0.567. The zero-order chi connectivity index (χ0) is 21.4. The van der Waals surface area contributed by atoms with Crippen LogP contribution >= 0.6 is 0 Å². The highest BCUT2D eigenvalue weighted by atomic mass is 16.5. The van der Waals surface area contributed by atoms with Crippen molar-refractivity contribution in [3.05, 3.63) is 65.7 Å². The van der Waals surface area contributed by atoms with Crippen molar-refractivity contribution < 1.29 is 14.3 Å². The number of amides is 2. The first-order valence-electron chi connectivity index (χ1n) is 10.0. The molecule has 1 N–H and O–H groups in total. The molecule has 5 nitrogen and oxygen atoms in total. The van der Waals surface area contributed by atoms with Gasteiger partial charge in [-0.2, -0.15) is 0 Å². The normalized spacial score (nSPS) is 12.2. The second kappa shape index (κ2) is 10.1. The zero-order valence-electron chi connectivity index (χ0n) is 18.1. The fourth-order valence-electron chi connectivity index (χ4n) is 3.01. The van der Waals surface area contributed by atoms with Gasteiger partial charge in [-0.05, 0) is 51.8 Å². The second-order valence-electron chi connectivity index (χ2n) is 8.27. The van der Waals surface area contributed by atoms with E-state index in [4.69, 9.17) is 4.74 Å². The Morgan fingerprint density at radius 1 is 1.03 bits per heavy atom. The predicted octanol–water partition coefficient (Wildman–Crippen LogP) is 4.10. The number of ether oxygens (including phenoxy) is 1. The summed E-state index contributed by atoms with van der Waals surface area (Å²) in [6, 6.07) is 16.6. The fourth-order valence-corrected chi connectivity index (χ4v) is 3.01. The topological polar surface area (TPSA) is 58.6 Å². The molecule has 0 aromatic heterocycles. The van der Waals surface area contributed by atoms with E-state index in [0.717, 1.165) is 11.1 Å². The maximum atomic E-state index is 13.1. The van der Waals surface area contributed by atoms with Gasteiger partial charge in [0.05, 0.1) is 0 Å². The van der Waals surface area contributed by atoms with Gasteiger partial charge in [-0.3, -0.25) is 9.59 Å². The first-order chi connectivity index (χ1) is 13.7. The highest BCUT2D eigenvalue weighted by Gasteiger charge is 2.30. The molecule has 2 rings (SSSR count). The summed E-state index contributed by atoms with van der Waals surface area (Å²) in [4.78, 5) is 27.6. The van der Waals surface area contributed by atoms with Crippen LogP contribution in [0.2, 0.25) is 0 Å². The van der Waals surface area contributed by atoms with Gasteiger partial charge in [-0.1, -0.05) is 55.0 Å². The van der Waals surface area contributed by atoms with E-state index in [1.54, 1.807) is 17.0 Å². The Kier molecular flexibility index (Phi) is 7.82. The number of nitrogens with one attached hydrogen (secondary N) is 1. The molecule has 0 aliphatic rings. The van der Waals surface area contributed by atoms with E-state index < -0.39 is 6.04 Å². The summed E-state index contributed by atoms with van der Waals surface area (Å²) in [5, 5.41) is 3.00. The van der Waals surface area contributed by atoms with Crippen molar-refractivity contribution in [1.82, 2.24) is 10.2 Å². The van der Waals surface area contributed by atoms with Crippen LogP contribution in [-0.2, 0) is 16.1 Å².